The lowest BCUT2D eigenvalue weighted by Gasteiger charge is -2.13. The fourth-order valence-electron chi connectivity index (χ4n) is 6.03. The van der Waals surface area contributed by atoms with E-state index >= 15 is 0 Å². The van der Waals surface area contributed by atoms with Crippen LogP contribution in [0.2, 0.25) is 0 Å². The Morgan fingerprint density at radius 3 is 1.20 bits per heavy atom. The first-order valence-electron chi connectivity index (χ1n) is 15.5. The fraction of sp³-hybridized carbons (Fsp3) is 0. The summed E-state index contributed by atoms with van der Waals surface area (Å²) >= 11 is 0. The zero-order valence-corrected chi connectivity index (χ0v) is 25.1. The first-order valence-corrected chi connectivity index (χ1v) is 15.5. The number of aromatic nitrogens is 3. The molecule has 0 atom stereocenters. The molecule has 46 heavy (non-hydrogen) atoms. The van der Waals surface area contributed by atoms with Gasteiger partial charge in [-0.3, -0.25) is 0 Å². The van der Waals surface area contributed by atoms with Crippen molar-refractivity contribution in [2.45, 2.75) is 0 Å². The largest absolute Gasteiger partial charge is 0.208 e. The van der Waals surface area contributed by atoms with Gasteiger partial charge < -0.3 is 0 Å². The predicted molar refractivity (Wildman–Crippen MR) is 190 cm³/mol. The molecule has 3 nitrogen and oxygen atoms in total. The minimum atomic E-state index is 0.657. The van der Waals surface area contributed by atoms with Gasteiger partial charge in [-0.2, -0.15) is 0 Å². The van der Waals surface area contributed by atoms with E-state index < -0.39 is 0 Å². The maximum absolute atomic E-state index is 5.00. The highest BCUT2D eigenvalue weighted by atomic mass is 15.0. The van der Waals surface area contributed by atoms with E-state index in [4.69, 9.17) is 15.0 Å². The monoisotopic (exact) mass is 587 g/mol. The number of rotatable bonds is 6. The minimum Gasteiger partial charge on any atom is -0.208 e. The lowest BCUT2D eigenvalue weighted by molar-refractivity contribution is 1.08. The van der Waals surface area contributed by atoms with Crippen LogP contribution >= 0.6 is 0 Å². The normalized spacial score (nSPS) is 11.0. The van der Waals surface area contributed by atoms with Crippen molar-refractivity contribution in [3.63, 3.8) is 0 Å². The Hall–Kier alpha value is -6.19. The van der Waals surface area contributed by atoms with Crippen molar-refractivity contribution in [1.82, 2.24) is 15.0 Å². The van der Waals surface area contributed by atoms with E-state index in [0.29, 0.717) is 17.5 Å². The molecule has 0 unspecified atom stereocenters. The molecule has 0 bridgehead atoms. The van der Waals surface area contributed by atoms with Gasteiger partial charge in [0.15, 0.2) is 17.5 Å². The molecule has 7 aromatic carbocycles. The molecule has 1 aromatic heterocycles. The summed E-state index contributed by atoms with van der Waals surface area (Å²) in [7, 11) is 0. The van der Waals surface area contributed by atoms with Crippen LogP contribution in [0.3, 0.4) is 0 Å². The smallest absolute Gasteiger partial charge is 0.164 e. The summed E-state index contributed by atoms with van der Waals surface area (Å²) in [5, 5.41) is 2.26. The molecule has 0 amide bonds. The summed E-state index contributed by atoms with van der Waals surface area (Å²) in [6.07, 6.45) is 0. The van der Waals surface area contributed by atoms with Crippen LogP contribution in [-0.2, 0) is 0 Å². The van der Waals surface area contributed by atoms with Gasteiger partial charge in [-0.15, -0.1) is 0 Å². The quantitative estimate of drug-likeness (QED) is 0.194. The fourth-order valence-corrected chi connectivity index (χ4v) is 6.03. The van der Waals surface area contributed by atoms with Gasteiger partial charge in [0, 0.05) is 16.7 Å². The third kappa shape index (κ3) is 5.36. The molecule has 8 aromatic rings. The van der Waals surface area contributed by atoms with Gasteiger partial charge in [-0.25, -0.2) is 15.0 Å². The Balaban J connectivity index is 1.20. The van der Waals surface area contributed by atoms with Crippen LogP contribution in [0.4, 0.5) is 0 Å². The highest BCUT2D eigenvalue weighted by Crippen LogP contribution is 2.36. The summed E-state index contributed by atoms with van der Waals surface area (Å²) in [4.78, 5) is 14.9. The maximum atomic E-state index is 5.00. The van der Waals surface area contributed by atoms with Crippen molar-refractivity contribution < 1.29 is 0 Å². The van der Waals surface area contributed by atoms with Crippen molar-refractivity contribution in [1.29, 1.82) is 0 Å². The Bertz CT molecular complexity index is 2220. The second kappa shape index (κ2) is 12.1. The molecule has 0 N–H and O–H groups in total. The van der Waals surface area contributed by atoms with E-state index in [2.05, 4.69) is 115 Å². The number of nitrogens with zero attached hydrogens (tertiary/aromatic N) is 3. The second-order valence-corrected chi connectivity index (χ2v) is 11.3. The van der Waals surface area contributed by atoms with Crippen molar-refractivity contribution in [2.75, 3.05) is 0 Å². The Morgan fingerprint density at radius 1 is 0.239 bits per heavy atom. The number of benzene rings is 7. The molecule has 8 rings (SSSR count). The average molecular weight is 588 g/mol. The summed E-state index contributed by atoms with van der Waals surface area (Å²) < 4.78 is 0. The highest BCUT2D eigenvalue weighted by molar-refractivity contribution is 6.04. The summed E-state index contributed by atoms with van der Waals surface area (Å²) in [5.74, 6) is 1.97. The van der Waals surface area contributed by atoms with Gasteiger partial charge in [-0.05, 0) is 56.3 Å². The highest BCUT2D eigenvalue weighted by Gasteiger charge is 2.16. The van der Waals surface area contributed by atoms with Crippen LogP contribution in [0.1, 0.15) is 0 Å². The molecule has 0 aliphatic carbocycles. The standard InChI is InChI=1S/C43H29N3/c1-4-13-30(14-5-1)35-19-12-20-36(29-35)31-23-25-32(26-24-31)37-27-28-40(39-22-11-10-21-38(37)39)43-45-41(33-15-6-2-7-16-33)44-42(46-43)34-17-8-3-9-18-34/h1-29H. The van der Waals surface area contributed by atoms with Crippen LogP contribution < -0.4 is 0 Å². The third-order valence-corrected chi connectivity index (χ3v) is 8.36. The van der Waals surface area contributed by atoms with Gasteiger partial charge in [0.2, 0.25) is 0 Å². The molecular formula is C43H29N3. The van der Waals surface area contributed by atoms with E-state index in [1.807, 2.05) is 60.7 Å². The lowest BCUT2D eigenvalue weighted by atomic mass is 9.93. The SMILES string of the molecule is c1ccc(-c2cccc(-c3ccc(-c4ccc(-c5nc(-c6ccccc6)nc(-c6ccccc6)n5)c5ccccc45)cc3)c2)cc1. The molecule has 0 spiro atoms. The van der Waals surface area contributed by atoms with Gasteiger partial charge >= 0.3 is 0 Å². The molecule has 3 heteroatoms. The molecule has 0 fully saturated rings. The topological polar surface area (TPSA) is 38.7 Å². The molecule has 0 aliphatic heterocycles. The van der Waals surface area contributed by atoms with Crippen LogP contribution in [0.15, 0.2) is 176 Å². The summed E-state index contributed by atoms with van der Waals surface area (Å²) in [6.45, 7) is 0. The van der Waals surface area contributed by atoms with Crippen LogP contribution in [-0.4, -0.2) is 15.0 Å². The van der Waals surface area contributed by atoms with E-state index in [1.54, 1.807) is 0 Å². The average Bonchev–Trinajstić information content (AvgIpc) is 3.15. The molecule has 0 saturated heterocycles. The number of hydrogen-bond donors (Lipinski definition) is 0. The van der Waals surface area contributed by atoms with E-state index in [9.17, 15) is 0 Å². The zero-order chi connectivity index (χ0) is 30.7. The molecule has 0 saturated carbocycles. The molecule has 0 radical (unpaired) electrons. The van der Waals surface area contributed by atoms with Gasteiger partial charge in [-0.1, -0.05) is 164 Å². The van der Waals surface area contributed by atoms with Crippen molar-refractivity contribution >= 4 is 10.8 Å². The van der Waals surface area contributed by atoms with Crippen molar-refractivity contribution in [3.05, 3.63) is 176 Å². The van der Waals surface area contributed by atoms with Gasteiger partial charge in [0.25, 0.3) is 0 Å². The van der Waals surface area contributed by atoms with Crippen LogP contribution in [0, 0.1) is 0 Å². The van der Waals surface area contributed by atoms with Gasteiger partial charge in [0.1, 0.15) is 0 Å². The van der Waals surface area contributed by atoms with Crippen molar-refractivity contribution in [3.8, 4) is 67.5 Å². The molecule has 0 aliphatic rings. The molecular weight excluding hydrogens is 558 g/mol. The van der Waals surface area contributed by atoms with Crippen molar-refractivity contribution in [2.24, 2.45) is 0 Å². The zero-order valence-electron chi connectivity index (χ0n) is 25.1. The van der Waals surface area contributed by atoms with E-state index in [1.165, 1.54) is 27.8 Å². The second-order valence-electron chi connectivity index (χ2n) is 11.3. The minimum absolute atomic E-state index is 0.657. The van der Waals surface area contributed by atoms with E-state index in [0.717, 1.165) is 33.0 Å². The Morgan fingerprint density at radius 2 is 0.630 bits per heavy atom. The number of fused-ring (bicyclic) bond motifs is 1. The predicted octanol–water partition coefficient (Wildman–Crippen LogP) is 11.0. The summed E-state index contributed by atoms with van der Waals surface area (Å²) in [6, 6.07) is 61.2. The Kier molecular flexibility index (Phi) is 7.18. The Labute approximate surface area is 268 Å². The third-order valence-electron chi connectivity index (χ3n) is 8.36. The van der Waals surface area contributed by atoms with Crippen LogP contribution in [0.25, 0.3) is 78.3 Å². The first kappa shape index (κ1) is 27.4. The van der Waals surface area contributed by atoms with Gasteiger partial charge in [0.05, 0.1) is 0 Å². The lowest BCUT2D eigenvalue weighted by Crippen LogP contribution is -2.00. The maximum Gasteiger partial charge on any atom is 0.164 e. The molecule has 216 valence electrons. The summed E-state index contributed by atoms with van der Waals surface area (Å²) in [5.41, 5.74) is 10.1. The molecule has 1 heterocycles. The van der Waals surface area contributed by atoms with E-state index in [-0.39, 0.29) is 0 Å². The number of hydrogen-bond acceptors (Lipinski definition) is 3. The van der Waals surface area contributed by atoms with Crippen LogP contribution in [0.5, 0.6) is 0 Å². The first-order chi connectivity index (χ1) is 22.8.